The van der Waals surface area contributed by atoms with Crippen LogP contribution in [0, 0.1) is 12.8 Å². The standard InChI is InChI=1S/C25H35N3O4S/c1-16-15-32-13-12-28(16)25(29)19-6-8-20(9-7-19)26-33(30,31)21-10-11-22-17(2)24(18-4-5-18)27(3)23(22)14-21/h10-11,14,16,18-20,26H,4-9,12-13,15H2,1-3H3. The van der Waals surface area contributed by atoms with Gasteiger partial charge in [0, 0.05) is 42.1 Å². The van der Waals surface area contributed by atoms with Gasteiger partial charge in [-0.05, 0) is 76.0 Å². The largest absolute Gasteiger partial charge is 0.377 e. The number of aryl methyl sites for hydroxylation is 2. The average Bonchev–Trinajstić information content (AvgIpc) is 3.60. The molecule has 5 rings (SSSR count). The van der Waals surface area contributed by atoms with Crippen molar-refractivity contribution in [3.63, 3.8) is 0 Å². The number of carbonyl (C=O) groups excluding carboxylic acids is 1. The van der Waals surface area contributed by atoms with Gasteiger partial charge in [0.25, 0.3) is 0 Å². The highest BCUT2D eigenvalue weighted by Crippen LogP contribution is 2.44. The molecule has 1 amide bonds. The van der Waals surface area contributed by atoms with Crippen LogP contribution < -0.4 is 4.72 Å². The van der Waals surface area contributed by atoms with Crippen molar-refractivity contribution in [2.75, 3.05) is 19.8 Å². The lowest BCUT2D eigenvalue weighted by Crippen LogP contribution is -2.50. The maximum atomic E-state index is 13.2. The van der Waals surface area contributed by atoms with Crippen molar-refractivity contribution in [3.05, 3.63) is 29.5 Å². The molecule has 8 heteroatoms. The van der Waals surface area contributed by atoms with Crippen LogP contribution in [-0.4, -0.2) is 55.6 Å². The molecule has 0 spiro atoms. The number of ether oxygens (including phenoxy) is 1. The molecule has 2 aliphatic carbocycles. The maximum Gasteiger partial charge on any atom is 0.240 e. The van der Waals surface area contributed by atoms with E-state index in [1.165, 1.54) is 24.1 Å². The quantitative estimate of drug-likeness (QED) is 0.721. The van der Waals surface area contributed by atoms with E-state index in [9.17, 15) is 13.2 Å². The fourth-order valence-electron chi connectivity index (χ4n) is 5.76. The van der Waals surface area contributed by atoms with Crippen molar-refractivity contribution in [1.29, 1.82) is 0 Å². The molecule has 3 aliphatic rings. The van der Waals surface area contributed by atoms with E-state index in [-0.39, 0.29) is 23.9 Å². The fourth-order valence-corrected chi connectivity index (χ4v) is 7.09. The molecule has 180 valence electrons. The van der Waals surface area contributed by atoms with E-state index in [1.807, 2.05) is 31.0 Å². The second-order valence-corrected chi connectivity index (χ2v) is 11.9. The molecule has 1 unspecified atom stereocenters. The predicted octanol–water partition coefficient (Wildman–Crippen LogP) is 3.45. The van der Waals surface area contributed by atoms with Crippen molar-refractivity contribution in [3.8, 4) is 0 Å². The summed E-state index contributed by atoms with van der Waals surface area (Å²) in [5, 5.41) is 1.13. The first-order valence-electron chi connectivity index (χ1n) is 12.3. The molecular formula is C25H35N3O4S. The van der Waals surface area contributed by atoms with Crippen molar-refractivity contribution in [2.24, 2.45) is 13.0 Å². The third-order valence-electron chi connectivity index (χ3n) is 7.80. The van der Waals surface area contributed by atoms with Crippen molar-refractivity contribution < 1.29 is 17.9 Å². The minimum absolute atomic E-state index is 0.0187. The Kier molecular flexibility index (Phi) is 6.04. The number of aromatic nitrogens is 1. The summed E-state index contributed by atoms with van der Waals surface area (Å²) >= 11 is 0. The van der Waals surface area contributed by atoms with Crippen LogP contribution in [0.15, 0.2) is 23.1 Å². The van der Waals surface area contributed by atoms with E-state index in [2.05, 4.69) is 16.2 Å². The molecule has 0 bridgehead atoms. The average molecular weight is 474 g/mol. The van der Waals surface area contributed by atoms with Gasteiger partial charge in [-0.15, -0.1) is 0 Å². The summed E-state index contributed by atoms with van der Waals surface area (Å²) in [6.45, 7) is 6.00. The summed E-state index contributed by atoms with van der Waals surface area (Å²) in [6, 6.07) is 5.46. The van der Waals surface area contributed by atoms with Gasteiger partial charge in [0.15, 0.2) is 0 Å². The Balaban J connectivity index is 1.26. The first-order chi connectivity index (χ1) is 15.8. The first kappa shape index (κ1) is 22.9. The molecular weight excluding hydrogens is 438 g/mol. The smallest absolute Gasteiger partial charge is 0.240 e. The zero-order chi connectivity index (χ0) is 23.3. The van der Waals surface area contributed by atoms with Gasteiger partial charge in [-0.3, -0.25) is 4.79 Å². The minimum atomic E-state index is -3.62. The van der Waals surface area contributed by atoms with Gasteiger partial charge in [0.05, 0.1) is 24.2 Å². The molecule has 33 heavy (non-hydrogen) atoms. The van der Waals surface area contributed by atoms with Crippen LogP contribution in [0.25, 0.3) is 10.9 Å². The SMILES string of the molecule is Cc1c(C2CC2)n(C)c2cc(S(=O)(=O)NC3CCC(C(=O)N4CCOCC4C)CC3)ccc12. The second-order valence-electron chi connectivity index (χ2n) is 10.1. The van der Waals surface area contributed by atoms with Gasteiger partial charge in [-0.2, -0.15) is 0 Å². The summed E-state index contributed by atoms with van der Waals surface area (Å²) in [6.07, 6.45) is 5.24. The second kappa shape index (κ2) is 8.71. The Morgan fingerprint density at radius 2 is 1.85 bits per heavy atom. The Bertz CT molecular complexity index is 1160. The zero-order valence-electron chi connectivity index (χ0n) is 19.8. The van der Waals surface area contributed by atoms with Crippen LogP contribution in [0.4, 0.5) is 0 Å². The number of hydrogen-bond acceptors (Lipinski definition) is 4. The van der Waals surface area contributed by atoms with Crippen molar-refractivity contribution in [2.45, 2.75) is 75.3 Å². The number of hydrogen-bond donors (Lipinski definition) is 1. The number of nitrogens with one attached hydrogen (secondary N) is 1. The molecule has 0 radical (unpaired) electrons. The molecule has 2 aromatic rings. The molecule has 1 atom stereocenters. The van der Waals surface area contributed by atoms with Crippen LogP contribution in [0.1, 0.15) is 62.6 Å². The van der Waals surface area contributed by atoms with Gasteiger partial charge >= 0.3 is 0 Å². The van der Waals surface area contributed by atoms with E-state index in [0.717, 1.165) is 23.7 Å². The van der Waals surface area contributed by atoms with E-state index >= 15 is 0 Å². The number of morpholine rings is 1. The number of sulfonamides is 1. The summed E-state index contributed by atoms with van der Waals surface area (Å²) < 4.78 is 36.9. The van der Waals surface area contributed by atoms with Gasteiger partial charge < -0.3 is 14.2 Å². The number of fused-ring (bicyclic) bond motifs is 1. The number of carbonyl (C=O) groups is 1. The molecule has 2 saturated carbocycles. The van der Waals surface area contributed by atoms with Gasteiger partial charge in [-0.25, -0.2) is 13.1 Å². The molecule has 1 saturated heterocycles. The molecule has 7 nitrogen and oxygen atoms in total. The zero-order valence-corrected chi connectivity index (χ0v) is 20.7. The van der Waals surface area contributed by atoms with Crippen LogP contribution in [0.2, 0.25) is 0 Å². The monoisotopic (exact) mass is 473 g/mol. The summed E-state index contributed by atoms with van der Waals surface area (Å²) in [7, 11) is -1.58. The molecule has 1 N–H and O–H groups in total. The number of amides is 1. The van der Waals surface area contributed by atoms with E-state index < -0.39 is 10.0 Å². The fraction of sp³-hybridized carbons (Fsp3) is 0.640. The summed E-state index contributed by atoms with van der Waals surface area (Å²) in [5.41, 5.74) is 3.58. The van der Waals surface area contributed by atoms with Gasteiger partial charge in [0.1, 0.15) is 0 Å². The molecule has 1 aromatic heterocycles. The Hall–Kier alpha value is -1.90. The Labute approximate surface area is 196 Å². The van der Waals surface area contributed by atoms with Gasteiger partial charge in [0.2, 0.25) is 15.9 Å². The topological polar surface area (TPSA) is 80.6 Å². The predicted molar refractivity (Wildman–Crippen MR) is 128 cm³/mol. The van der Waals surface area contributed by atoms with Crippen LogP contribution in [-0.2, 0) is 26.6 Å². The van der Waals surface area contributed by atoms with E-state index in [4.69, 9.17) is 4.74 Å². The molecule has 1 aromatic carbocycles. The summed E-state index contributed by atoms with van der Waals surface area (Å²) in [4.78, 5) is 15.2. The van der Waals surface area contributed by atoms with Crippen LogP contribution in [0.5, 0.6) is 0 Å². The van der Waals surface area contributed by atoms with Gasteiger partial charge in [-0.1, -0.05) is 6.07 Å². The van der Waals surface area contributed by atoms with E-state index in [1.54, 1.807) is 6.07 Å². The van der Waals surface area contributed by atoms with Crippen LogP contribution in [0.3, 0.4) is 0 Å². The highest BCUT2D eigenvalue weighted by atomic mass is 32.2. The number of nitrogens with zero attached hydrogens (tertiary/aromatic N) is 2. The normalized spacial score (nSPS) is 26.6. The van der Waals surface area contributed by atoms with Crippen molar-refractivity contribution >= 4 is 26.8 Å². The third kappa shape index (κ3) is 4.33. The highest BCUT2D eigenvalue weighted by molar-refractivity contribution is 7.89. The van der Waals surface area contributed by atoms with Crippen molar-refractivity contribution in [1.82, 2.24) is 14.2 Å². The minimum Gasteiger partial charge on any atom is -0.377 e. The molecule has 3 fully saturated rings. The lowest BCUT2D eigenvalue weighted by molar-refractivity contribution is -0.144. The molecule has 2 heterocycles. The van der Waals surface area contributed by atoms with E-state index in [0.29, 0.717) is 43.4 Å². The van der Waals surface area contributed by atoms with Crippen LogP contribution >= 0.6 is 0 Å². The highest BCUT2D eigenvalue weighted by Gasteiger charge is 2.34. The maximum absolute atomic E-state index is 13.2. The Morgan fingerprint density at radius 3 is 2.52 bits per heavy atom. The third-order valence-corrected chi connectivity index (χ3v) is 9.32. The summed E-state index contributed by atoms with van der Waals surface area (Å²) in [5.74, 6) is 0.789. The lowest BCUT2D eigenvalue weighted by atomic mass is 9.85. The molecule has 1 aliphatic heterocycles. The Morgan fingerprint density at radius 1 is 1.12 bits per heavy atom. The number of benzene rings is 1. The lowest BCUT2D eigenvalue weighted by Gasteiger charge is -2.37. The first-order valence-corrected chi connectivity index (χ1v) is 13.7. The number of rotatable bonds is 5.